The molecule has 0 aromatic rings. The molecule has 0 heterocycles. The topological polar surface area (TPSA) is 43.1 Å². The Morgan fingerprint density at radius 3 is 2.69 bits per heavy atom. The monoisotopic (exact) mass is 181 g/mol. The van der Waals surface area contributed by atoms with Gasteiger partial charge in [0.2, 0.25) is 0 Å². The lowest BCUT2D eigenvalue weighted by atomic mass is 9.96. The van der Waals surface area contributed by atoms with Crippen LogP contribution in [0.1, 0.15) is 38.5 Å². The molecule has 13 heavy (non-hydrogen) atoms. The van der Waals surface area contributed by atoms with Gasteiger partial charge in [-0.05, 0) is 12.3 Å². The molecular weight excluding hydrogens is 162 g/mol. The fourth-order valence-electron chi connectivity index (χ4n) is 1.96. The summed E-state index contributed by atoms with van der Waals surface area (Å²) in [4.78, 5) is 11.5. The second-order valence-electron chi connectivity index (χ2n) is 3.95. The molecule has 0 aromatic heterocycles. The highest BCUT2D eigenvalue weighted by Gasteiger charge is 2.21. The zero-order valence-electron chi connectivity index (χ0n) is 8.17. The van der Waals surface area contributed by atoms with Crippen molar-refractivity contribution in [2.24, 2.45) is 11.7 Å². The summed E-state index contributed by atoms with van der Waals surface area (Å²) >= 11 is 0. The van der Waals surface area contributed by atoms with Crippen LogP contribution in [0.4, 0.5) is 0 Å². The molecule has 0 bridgehead atoms. The smallest absolute Gasteiger partial charge is 0.150 e. The summed E-state index contributed by atoms with van der Waals surface area (Å²) in [6, 6.07) is -0.307. The van der Waals surface area contributed by atoms with Gasteiger partial charge in [-0.3, -0.25) is 4.79 Å². The van der Waals surface area contributed by atoms with E-state index in [2.05, 4.69) is 6.58 Å². The predicted molar refractivity (Wildman–Crippen MR) is 54.4 cm³/mol. The number of ketones is 1. The minimum absolute atomic E-state index is 0.215. The van der Waals surface area contributed by atoms with Gasteiger partial charge < -0.3 is 5.73 Å². The van der Waals surface area contributed by atoms with Gasteiger partial charge in [-0.1, -0.05) is 31.8 Å². The van der Waals surface area contributed by atoms with Crippen LogP contribution in [0.5, 0.6) is 0 Å². The van der Waals surface area contributed by atoms with Crippen LogP contribution in [0.2, 0.25) is 0 Å². The summed E-state index contributed by atoms with van der Waals surface area (Å²) in [6.07, 6.45) is 8.03. The van der Waals surface area contributed by atoms with Crippen molar-refractivity contribution >= 4 is 5.78 Å². The van der Waals surface area contributed by atoms with E-state index in [4.69, 9.17) is 5.73 Å². The zero-order valence-corrected chi connectivity index (χ0v) is 8.17. The molecule has 2 heteroatoms. The summed E-state index contributed by atoms with van der Waals surface area (Å²) in [5, 5.41) is 0. The second kappa shape index (κ2) is 5.18. The number of hydrogen-bond donors (Lipinski definition) is 1. The van der Waals surface area contributed by atoms with E-state index in [0.29, 0.717) is 18.8 Å². The van der Waals surface area contributed by atoms with Crippen molar-refractivity contribution < 1.29 is 4.79 Å². The molecule has 0 aliphatic heterocycles. The van der Waals surface area contributed by atoms with E-state index >= 15 is 0 Å². The maximum absolute atomic E-state index is 11.5. The van der Waals surface area contributed by atoms with Gasteiger partial charge in [0.15, 0.2) is 0 Å². The standard InChI is InChI=1S/C11H19NO/c1-2-5-10(12)11(13)8-9-6-3-4-7-9/h2,9-10H,1,3-8,12H2. The van der Waals surface area contributed by atoms with E-state index in [1.165, 1.54) is 25.7 Å². The molecule has 0 amide bonds. The molecular formula is C11H19NO. The predicted octanol–water partition coefficient (Wildman–Crippen LogP) is 2.04. The Kier molecular flexibility index (Phi) is 4.16. The van der Waals surface area contributed by atoms with Gasteiger partial charge in [-0.15, -0.1) is 6.58 Å². The largest absolute Gasteiger partial charge is 0.321 e. The average Bonchev–Trinajstić information content (AvgIpc) is 2.57. The first-order valence-electron chi connectivity index (χ1n) is 5.13. The fraction of sp³-hybridized carbons (Fsp3) is 0.727. The lowest BCUT2D eigenvalue weighted by Crippen LogP contribution is -2.30. The van der Waals surface area contributed by atoms with Gasteiger partial charge in [0.1, 0.15) is 5.78 Å². The Balaban J connectivity index is 2.26. The number of carbonyl (C=O) groups excluding carboxylic acids is 1. The quantitative estimate of drug-likeness (QED) is 0.659. The number of hydrogen-bond acceptors (Lipinski definition) is 2. The summed E-state index contributed by atoms with van der Waals surface area (Å²) in [5.41, 5.74) is 5.69. The highest BCUT2D eigenvalue weighted by molar-refractivity contribution is 5.84. The third-order valence-corrected chi connectivity index (χ3v) is 2.80. The minimum Gasteiger partial charge on any atom is -0.321 e. The third kappa shape index (κ3) is 3.31. The van der Waals surface area contributed by atoms with Crippen molar-refractivity contribution in [1.82, 2.24) is 0 Å². The molecule has 2 N–H and O–H groups in total. The van der Waals surface area contributed by atoms with E-state index in [1.54, 1.807) is 6.08 Å². The molecule has 0 radical (unpaired) electrons. The van der Waals surface area contributed by atoms with Crippen molar-refractivity contribution in [2.45, 2.75) is 44.6 Å². The van der Waals surface area contributed by atoms with Crippen LogP contribution >= 0.6 is 0 Å². The Morgan fingerprint density at radius 2 is 2.15 bits per heavy atom. The van der Waals surface area contributed by atoms with Crippen molar-refractivity contribution in [3.63, 3.8) is 0 Å². The SMILES string of the molecule is C=CCC(N)C(=O)CC1CCCC1. The molecule has 1 saturated carbocycles. The Bertz CT molecular complexity index is 183. The first kappa shape index (κ1) is 10.5. The molecule has 1 aliphatic rings. The van der Waals surface area contributed by atoms with Gasteiger partial charge in [0, 0.05) is 6.42 Å². The first-order valence-corrected chi connectivity index (χ1v) is 5.13. The summed E-state index contributed by atoms with van der Waals surface area (Å²) < 4.78 is 0. The summed E-state index contributed by atoms with van der Waals surface area (Å²) in [7, 11) is 0. The van der Waals surface area contributed by atoms with Gasteiger partial charge in [0.25, 0.3) is 0 Å². The highest BCUT2D eigenvalue weighted by Crippen LogP contribution is 2.27. The van der Waals surface area contributed by atoms with Crippen molar-refractivity contribution in [2.75, 3.05) is 0 Å². The number of Topliss-reactive ketones (excluding diaryl/α,β-unsaturated/α-hetero) is 1. The Labute approximate surface area is 80.2 Å². The number of carbonyl (C=O) groups is 1. The van der Waals surface area contributed by atoms with Crippen molar-refractivity contribution in [3.8, 4) is 0 Å². The molecule has 0 aromatic carbocycles. The molecule has 0 spiro atoms. The van der Waals surface area contributed by atoms with Crippen molar-refractivity contribution in [1.29, 1.82) is 0 Å². The highest BCUT2D eigenvalue weighted by atomic mass is 16.1. The van der Waals surface area contributed by atoms with E-state index in [0.717, 1.165) is 0 Å². The van der Waals surface area contributed by atoms with E-state index in [-0.39, 0.29) is 11.8 Å². The van der Waals surface area contributed by atoms with E-state index in [1.807, 2.05) is 0 Å². The van der Waals surface area contributed by atoms with Gasteiger partial charge in [-0.2, -0.15) is 0 Å². The van der Waals surface area contributed by atoms with E-state index in [9.17, 15) is 4.79 Å². The van der Waals surface area contributed by atoms with Crippen LogP contribution in [0, 0.1) is 5.92 Å². The van der Waals surface area contributed by atoms with Gasteiger partial charge in [0.05, 0.1) is 6.04 Å². The Hall–Kier alpha value is -0.630. The zero-order chi connectivity index (χ0) is 9.68. The van der Waals surface area contributed by atoms with Crippen LogP contribution in [-0.2, 0) is 4.79 Å². The second-order valence-corrected chi connectivity index (χ2v) is 3.95. The fourth-order valence-corrected chi connectivity index (χ4v) is 1.96. The molecule has 1 atom stereocenters. The summed E-state index contributed by atoms with van der Waals surface area (Å²) in [5.74, 6) is 0.829. The van der Waals surface area contributed by atoms with Crippen molar-refractivity contribution in [3.05, 3.63) is 12.7 Å². The third-order valence-electron chi connectivity index (χ3n) is 2.80. The van der Waals surface area contributed by atoms with Crippen LogP contribution in [0.15, 0.2) is 12.7 Å². The first-order chi connectivity index (χ1) is 6.24. The minimum atomic E-state index is -0.307. The van der Waals surface area contributed by atoms with Crippen LogP contribution in [0.25, 0.3) is 0 Å². The Morgan fingerprint density at radius 1 is 1.54 bits per heavy atom. The van der Waals surface area contributed by atoms with Crippen LogP contribution in [0.3, 0.4) is 0 Å². The lowest BCUT2D eigenvalue weighted by molar-refractivity contribution is -0.121. The van der Waals surface area contributed by atoms with Crippen LogP contribution < -0.4 is 5.73 Å². The van der Waals surface area contributed by atoms with E-state index < -0.39 is 0 Å². The van der Waals surface area contributed by atoms with Crippen LogP contribution in [-0.4, -0.2) is 11.8 Å². The van der Waals surface area contributed by atoms with Gasteiger partial charge >= 0.3 is 0 Å². The number of rotatable bonds is 5. The molecule has 2 nitrogen and oxygen atoms in total. The average molecular weight is 181 g/mol. The molecule has 1 rings (SSSR count). The maximum atomic E-state index is 11.5. The van der Waals surface area contributed by atoms with Gasteiger partial charge in [-0.25, -0.2) is 0 Å². The number of nitrogens with two attached hydrogens (primary N) is 1. The molecule has 74 valence electrons. The molecule has 1 fully saturated rings. The maximum Gasteiger partial charge on any atom is 0.150 e. The lowest BCUT2D eigenvalue weighted by Gasteiger charge is -2.11. The summed E-state index contributed by atoms with van der Waals surface area (Å²) in [6.45, 7) is 3.58. The molecule has 1 aliphatic carbocycles. The normalized spacial score (nSPS) is 20.1. The molecule has 0 saturated heterocycles. The molecule has 1 unspecified atom stereocenters.